The number of rotatable bonds is 9. The third-order valence-corrected chi connectivity index (χ3v) is 7.46. The van der Waals surface area contributed by atoms with Gasteiger partial charge in [0.15, 0.2) is 16.7 Å². The van der Waals surface area contributed by atoms with Gasteiger partial charge in [0.05, 0.1) is 43.6 Å². The van der Waals surface area contributed by atoms with E-state index in [0.717, 1.165) is 5.56 Å². The van der Waals surface area contributed by atoms with E-state index in [0.29, 0.717) is 73.2 Å². The van der Waals surface area contributed by atoms with Gasteiger partial charge in [-0.15, -0.1) is 0 Å². The minimum Gasteiger partial charge on any atom is -0.493 e. The summed E-state index contributed by atoms with van der Waals surface area (Å²) in [6, 6.07) is 13.1. The summed E-state index contributed by atoms with van der Waals surface area (Å²) in [6.07, 6.45) is 1.24. The molecule has 1 aromatic heterocycles. The van der Waals surface area contributed by atoms with E-state index in [4.69, 9.17) is 19.2 Å². The molecule has 4 rings (SSSR count). The third kappa shape index (κ3) is 5.62. The zero-order valence-electron chi connectivity index (χ0n) is 20.4. The molecule has 35 heavy (non-hydrogen) atoms. The minimum atomic E-state index is -0.325. The number of fused-ring (bicyclic) bond motifs is 1. The molecule has 2 aromatic carbocycles. The number of nitrogens with zero attached hydrogens (tertiary/aromatic N) is 3. The zero-order chi connectivity index (χ0) is 24.8. The Hall–Kier alpha value is -3.04. The number of ether oxygens (including phenoxy) is 3. The molecule has 0 unspecified atom stereocenters. The smallest absolute Gasteiger partial charge is 0.262 e. The van der Waals surface area contributed by atoms with E-state index in [1.807, 2.05) is 48.2 Å². The normalized spacial score (nSPS) is 14.7. The van der Waals surface area contributed by atoms with Crippen LogP contribution in [0.4, 0.5) is 0 Å². The Morgan fingerprint density at radius 3 is 2.57 bits per heavy atom. The monoisotopic (exact) mass is 497 g/mol. The first-order valence-electron chi connectivity index (χ1n) is 11.8. The zero-order valence-corrected chi connectivity index (χ0v) is 21.2. The van der Waals surface area contributed by atoms with Crippen LogP contribution >= 0.6 is 11.8 Å². The fraction of sp³-hybridized carbons (Fsp3) is 0.423. The van der Waals surface area contributed by atoms with Gasteiger partial charge in [0.25, 0.3) is 5.56 Å². The topological polar surface area (TPSA) is 82.9 Å². The molecule has 3 aromatic rings. The standard InChI is InChI=1S/C26H31N3O5S/c1-4-23(25(31)28-13-15-34-16-14-28)35-26-27-20-8-6-5-7-19(20)24(30)29(26)12-11-18-9-10-21(32-2)22(17-18)33-3/h5-10,17,23H,4,11-16H2,1-3H3/t23-/m1/s1. The fourth-order valence-corrected chi connectivity index (χ4v) is 5.26. The van der Waals surface area contributed by atoms with Gasteiger partial charge in [-0.2, -0.15) is 0 Å². The summed E-state index contributed by atoms with van der Waals surface area (Å²) in [7, 11) is 3.20. The lowest BCUT2D eigenvalue weighted by molar-refractivity contribution is -0.134. The number of aryl methyl sites for hydroxylation is 1. The van der Waals surface area contributed by atoms with Crippen LogP contribution in [0.2, 0.25) is 0 Å². The fourth-order valence-electron chi connectivity index (χ4n) is 4.13. The number of aromatic nitrogens is 2. The summed E-state index contributed by atoms with van der Waals surface area (Å²) in [5, 5.41) is 0.799. The van der Waals surface area contributed by atoms with E-state index in [1.165, 1.54) is 11.8 Å². The first-order chi connectivity index (χ1) is 17.0. The summed E-state index contributed by atoms with van der Waals surface area (Å²) >= 11 is 1.37. The van der Waals surface area contributed by atoms with Crippen LogP contribution < -0.4 is 15.0 Å². The number of benzene rings is 2. The van der Waals surface area contributed by atoms with Gasteiger partial charge < -0.3 is 19.1 Å². The number of morpholine rings is 1. The van der Waals surface area contributed by atoms with E-state index in [9.17, 15) is 9.59 Å². The van der Waals surface area contributed by atoms with Crippen LogP contribution in [-0.2, 0) is 22.5 Å². The molecule has 0 aliphatic carbocycles. The lowest BCUT2D eigenvalue weighted by Crippen LogP contribution is -2.44. The van der Waals surface area contributed by atoms with Crippen molar-refractivity contribution in [2.75, 3.05) is 40.5 Å². The van der Waals surface area contributed by atoms with Gasteiger partial charge in [-0.05, 0) is 42.7 Å². The molecule has 0 radical (unpaired) electrons. The Balaban J connectivity index is 1.65. The van der Waals surface area contributed by atoms with Crippen LogP contribution in [0.5, 0.6) is 11.5 Å². The highest BCUT2D eigenvalue weighted by molar-refractivity contribution is 8.00. The molecule has 9 heteroatoms. The molecular formula is C26H31N3O5S. The molecule has 0 saturated carbocycles. The van der Waals surface area contributed by atoms with Gasteiger partial charge in [0.2, 0.25) is 5.91 Å². The number of thioether (sulfide) groups is 1. The molecule has 1 amide bonds. The highest BCUT2D eigenvalue weighted by atomic mass is 32.2. The third-order valence-electron chi connectivity index (χ3n) is 6.12. The van der Waals surface area contributed by atoms with Crippen molar-refractivity contribution in [2.24, 2.45) is 0 Å². The maximum Gasteiger partial charge on any atom is 0.262 e. The molecule has 186 valence electrons. The lowest BCUT2D eigenvalue weighted by atomic mass is 10.1. The van der Waals surface area contributed by atoms with E-state index >= 15 is 0 Å². The van der Waals surface area contributed by atoms with Gasteiger partial charge in [0, 0.05) is 19.6 Å². The van der Waals surface area contributed by atoms with Crippen molar-refractivity contribution in [1.29, 1.82) is 0 Å². The Labute approximate surface area is 209 Å². The van der Waals surface area contributed by atoms with Crippen LogP contribution in [0.1, 0.15) is 18.9 Å². The average molecular weight is 498 g/mol. The SMILES string of the molecule is CC[C@@H](Sc1nc2ccccc2c(=O)n1CCc1ccc(OC)c(OC)c1)C(=O)N1CCOCC1. The predicted molar refractivity (Wildman–Crippen MR) is 137 cm³/mol. The maximum atomic E-state index is 13.5. The van der Waals surface area contributed by atoms with Crippen LogP contribution in [0, 0.1) is 0 Å². The molecule has 1 saturated heterocycles. The summed E-state index contributed by atoms with van der Waals surface area (Å²) in [4.78, 5) is 33.4. The highest BCUT2D eigenvalue weighted by Gasteiger charge is 2.27. The van der Waals surface area contributed by atoms with Crippen LogP contribution in [-0.4, -0.2) is 66.1 Å². The number of amides is 1. The van der Waals surface area contributed by atoms with Crippen molar-refractivity contribution >= 4 is 28.6 Å². The van der Waals surface area contributed by atoms with E-state index in [2.05, 4.69) is 0 Å². The van der Waals surface area contributed by atoms with E-state index < -0.39 is 0 Å². The number of carbonyl (C=O) groups is 1. The van der Waals surface area contributed by atoms with E-state index in [1.54, 1.807) is 24.9 Å². The highest BCUT2D eigenvalue weighted by Crippen LogP contribution is 2.29. The lowest BCUT2D eigenvalue weighted by Gasteiger charge is -2.30. The molecule has 0 spiro atoms. The van der Waals surface area contributed by atoms with Crippen molar-refractivity contribution in [3.8, 4) is 11.5 Å². The summed E-state index contributed by atoms with van der Waals surface area (Å²) in [6.45, 7) is 4.70. The van der Waals surface area contributed by atoms with Gasteiger partial charge in [-0.1, -0.05) is 36.9 Å². The van der Waals surface area contributed by atoms with Crippen LogP contribution in [0.3, 0.4) is 0 Å². The Bertz CT molecular complexity index is 1240. The summed E-state index contributed by atoms with van der Waals surface area (Å²) in [5.41, 5.74) is 1.54. The number of methoxy groups -OCH3 is 2. The molecule has 0 N–H and O–H groups in total. The predicted octanol–water partition coefficient (Wildman–Crippen LogP) is 3.39. The quantitative estimate of drug-likeness (QED) is 0.331. The second kappa shape index (κ2) is 11.6. The minimum absolute atomic E-state index is 0.0645. The van der Waals surface area contributed by atoms with Gasteiger partial charge in [-0.25, -0.2) is 4.98 Å². The maximum absolute atomic E-state index is 13.5. The summed E-state index contributed by atoms with van der Waals surface area (Å²) in [5.74, 6) is 1.37. The molecule has 1 atom stereocenters. The number of hydrogen-bond acceptors (Lipinski definition) is 7. The van der Waals surface area contributed by atoms with Crippen LogP contribution in [0.15, 0.2) is 52.4 Å². The second-order valence-corrected chi connectivity index (χ2v) is 9.43. The van der Waals surface area contributed by atoms with Gasteiger partial charge in [0.1, 0.15) is 0 Å². The summed E-state index contributed by atoms with van der Waals surface area (Å²) < 4.78 is 17.8. The molecule has 1 aliphatic heterocycles. The Kier molecular flexibility index (Phi) is 8.30. The first kappa shape index (κ1) is 25.1. The van der Waals surface area contributed by atoms with E-state index in [-0.39, 0.29) is 16.7 Å². The number of para-hydroxylation sites is 1. The van der Waals surface area contributed by atoms with Gasteiger partial charge >= 0.3 is 0 Å². The number of hydrogen-bond donors (Lipinski definition) is 0. The molecule has 1 fully saturated rings. The van der Waals surface area contributed by atoms with Crippen molar-refractivity contribution in [1.82, 2.24) is 14.5 Å². The van der Waals surface area contributed by atoms with Crippen molar-refractivity contribution in [2.45, 2.75) is 36.7 Å². The molecule has 0 bridgehead atoms. The molecule has 8 nitrogen and oxygen atoms in total. The molecule has 1 aliphatic rings. The largest absolute Gasteiger partial charge is 0.493 e. The average Bonchev–Trinajstić information content (AvgIpc) is 2.91. The van der Waals surface area contributed by atoms with Gasteiger partial charge in [-0.3, -0.25) is 14.2 Å². The Morgan fingerprint density at radius 2 is 1.86 bits per heavy atom. The second-order valence-electron chi connectivity index (χ2n) is 8.26. The number of carbonyl (C=O) groups excluding carboxylic acids is 1. The first-order valence-corrected chi connectivity index (χ1v) is 12.7. The van der Waals surface area contributed by atoms with Crippen molar-refractivity contribution in [3.63, 3.8) is 0 Å². The Morgan fingerprint density at radius 1 is 1.11 bits per heavy atom. The van der Waals surface area contributed by atoms with Crippen LogP contribution in [0.25, 0.3) is 10.9 Å². The molecule has 2 heterocycles. The van der Waals surface area contributed by atoms with Crippen molar-refractivity contribution < 1.29 is 19.0 Å². The molecular weight excluding hydrogens is 466 g/mol. The van der Waals surface area contributed by atoms with Crippen molar-refractivity contribution in [3.05, 3.63) is 58.4 Å².